The van der Waals surface area contributed by atoms with E-state index >= 15 is 0 Å². The molecule has 12 nitrogen and oxygen atoms in total. The van der Waals surface area contributed by atoms with Crippen molar-refractivity contribution < 1.29 is 48.2 Å². The first-order valence-corrected chi connectivity index (χ1v) is 10.2. The van der Waals surface area contributed by atoms with Crippen LogP contribution in [0.3, 0.4) is 0 Å². The smallest absolute Gasteiger partial charge is 0.344 e. The molecule has 0 aliphatic carbocycles. The molecule has 4 aromatic rings. The predicted octanol–water partition coefficient (Wildman–Crippen LogP) is 0.419. The highest BCUT2D eigenvalue weighted by Gasteiger charge is 2.43. The Hall–Kier alpha value is -3.58. The monoisotopic (exact) mass is 476 g/mol. The Morgan fingerprint density at radius 3 is 1.97 bits per heavy atom. The molecule has 3 heterocycles. The normalized spacial score (nSPS) is 25.3. The van der Waals surface area contributed by atoms with E-state index in [-0.39, 0.29) is 50.0 Å². The molecule has 2 aromatic carbocycles. The van der Waals surface area contributed by atoms with Crippen LogP contribution in [0.15, 0.2) is 30.6 Å². The molecular formula is C22H20O12. The van der Waals surface area contributed by atoms with Crippen LogP contribution in [0.5, 0.6) is 23.0 Å². The van der Waals surface area contributed by atoms with Gasteiger partial charge in [0.15, 0.2) is 22.7 Å². The number of aromatic hydroxyl groups is 1. The van der Waals surface area contributed by atoms with Gasteiger partial charge >= 0.3 is 11.3 Å². The maximum atomic E-state index is 12.9. The second-order valence-electron chi connectivity index (χ2n) is 7.92. The van der Waals surface area contributed by atoms with Crippen molar-refractivity contribution in [1.29, 1.82) is 0 Å². The molecule has 0 unspecified atom stereocenters. The van der Waals surface area contributed by atoms with Gasteiger partial charge in [0.05, 0.1) is 31.1 Å². The van der Waals surface area contributed by atoms with E-state index in [1.54, 1.807) is 0 Å². The molecule has 180 valence electrons. The average molecular weight is 476 g/mol. The van der Waals surface area contributed by atoms with E-state index in [0.717, 1.165) is 6.07 Å². The number of rotatable bonds is 4. The van der Waals surface area contributed by atoms with Crippen LogP contribution >= 0.6 is 0 Å². The summed E-state index contributed by atoms with van der Waals surface area (Å²) in [5.74, 6) is -0.816. The number of ether oxygens (including phenoxy) is 4. The first-order valence-electron chi connectivity index (χ1n) is 10.2. The number of hydrogen-bond donors (Lipinski definition) is 4. The Balaban J connectivity index is 1.80. The average Bonchev–Trinajstić information content (AvgIpc) is 2.80. The highest BCUT2D eigenvalue weighted by molar-refractivity contribution is 6.22. The number of phenolic OH excluding ortho intramolecular Hbond substituents is 1. The van der Waals surface area contributed by atoms with Gasteiger partial charge in [-0.25, -0.2) is 9.59 Å². The molecular weight excluding hydrogens is 456 g/mol. The van der Waals surface area contributed by atoms with Crippen LogP contribution in [0.4, 0.5) is 0 Å². The van der Waals surface area contributed by atoms with Gasteiger partial charge in [-0.05, 0) is 19.1 Å². The van der Waals surface area contributed by atoms with Gasteiger partial charge in [-0.3, -0.25) is 0 Å². The number of methoxy groups -OCH3 is 2. The Morgan fingerprint density at radius 2 is 1.38 bits per heavy atom. The number of aliphatic hydroxyl groups is 3. The highest BCUT2D eigenvalue weighted by Crippen LogP contribution is 2.46. The lowest BCUT2D eigenvalue weighted by Gasteiger charge is -2.39. The summed E-state index contributed by atoms with van der Waals surface area (Å²) in [7, 11) is 2.54. The molecule has 0 amide bonds. The zero-order chi connectivity index (χ0) is 24.5. The van der Waals surface area contributed by atoms with Gasteiger partial charge in [-0.1, -0.05) is 0 Å². The van der Waals surface area contributed by atoms with Crippen LogP contribution < -0.4 is 25.5 Å². The molecule has 0 saturated carbocycles. The van der Waals surface area contributed by atoms with E-state index in [1.807, 2.05) is 0 Å². The molecule has 5 rings (SSSR count). The van der Waals surface area contributed by atoms with Gasteiger partial charge < -0.3 is 48.2 Å². The second-order valence-corrected chi connectivity index (χ2v) is 7.92. The number of hydrogen-bond acceptors (Lipinski definition) is 12. The van der Waals surface area contributed by atoms with Gasteiger partial charge in [0, 0.05) is 10.8 Å². The molecule has 4 N–H and O–H groups in total. The van der Waals surface area contributed by atoms with E-state index in [4.69, 9.17) is 27.8 Å². The van der Waals surface area contributed by atoms with Gasteiger partial charge in [0.25, 0.3) is 0 Å². The van der Waals surface area contributed by atoms with E-state index in [9.17, 15) is 30.0 Å². The lowest BCUT2D eigenvalue weighted by atomic mass is 10.00. The van der Waals surface area contributed by atoms with E-state index < -0.39 is 47.7 Å². The quantitative estimate of drug-likeness (QED) is 0.236. The van der Waals surface area contributed by atoms with Crippen molar-refractivity contribution in [3.05, 3.63) is 33.0 Å². The fourth-order valence-electron chi connectivity index (χ4n) is 4.27. The summed E-state index contributed by atoms with van der Waals surface area (Å²) in [6, 6.07) is 2.40. The maximum absolute atomic E-state index is 12.9. The molecule has 2 aromatic heterocycles. The molecule has 1 aliphatic rings. The molecule has 34 heavy (non-hydrogen) atoms. The first kappa shape index (κ1) is 22.2. The summed E-state index contributed by atoms with van der Waals surface area (Å²) < 4.78 is 32.6. The van der Waals surface area contributed by atoms with Crippen LogP contribution in [-0.2, 0) is 4.74 Å². The van der Waals surface area contributed by atoms with E-state index in [2.05, 4.69) is 0 Å². The fraction of sp³-hybridized carbons (Fsp3) is 0.364. The summed E-state index contributed by atoms with van der Waals surface area (Å²) >= 11 is 0. The van der Waals surface area contributed by atoms with Gasteiger partial charge in [0.1, 0.15) is 18.3 Å². The van der Waals surface area contributed by atoms with Crippen LogP contribution in [0, 0.1) is 0 Å². The van der Waals surface area contributed by atoms with Gasteiger partial charge in [-0.15, -0.1) is 0 Å². The molecule has 12 heteroatoms. The van der Waals surface area contributed by atoms with E-state index in [0.29, 0.717) is 0 Å². The van der Waals surface area contributed by atoms with Crippen molar-refractivity contribution in [1.82, 2.24) is 0 Å². The third kappa shape index (κ3) is 3.00. The topological polar surface area (TPSA) is 178 Å². The lowest BCUT2D eigenvalue weighted by Crippen LogP contribution is -2.58. The Labute approximate surface area is 189 Å². The summed E-state index contributed by atoms with van der Waals surface area (Å²) in [6.45, 7) is 1.48. The molecule has 5 atom stereocenters. The molecule has 0 bridgehead atoms. The summed E-state index contributed by atoms with van der Waals surface area (Å²) in [5, 5.41) is 40.7. The Kier molecular flexibility index (Phi) is 5.06. The molecule has 0 radical (unpaired) electrons. The third-order valence-electron chi connectivity index (χ3n) is 5.96. The van der Waals surface area contributed by atoms with Crippen molar-refractivity contribution in [2.75, 3.05) is 14.2 Å². The molecule has 1 fully saturated rings. The fourth-order valence-corrected chi connectivity index (χ4v) is 4.27. The van der Waals surface area contributed by atoms with Crippen LogP contribution in [0.1, 0.15) is 6.92 Å². The molecule has 1 saturated heterocycles. The number of aliphatic hydroxyl groups excluding tert-OH is 3. The highest BCUT2D eigenvalue weighted by atomic mass is 16.7. The van der Waals surface area contributed by atoms with Crippen LogP contribution in [-0.4, -0.2) is 65.4 Å². The van der Waals surface area contributed by atoms with Gasteiger partial charge in [0.2, 0.25) is 17.8 Å². The van der Waals surface area contributed by atoms with Crippen molar-refractivity contribution in [2.45, 2.75) is 37.6 Å². The SMILES string of the molecule is COc1c(O)cc2c(=O)oc3c(OC)c(O[C@H]4O[C@H](C)[C@@H](O)[C@H](O)[C@@H]4O)cc4c(=O)oc1c2c34. The standard InChI is InChI=1S/C22H20O12/c1-6-13(24)14(25)15(26)22(31-6)32-10-5-8-12-11-7(20(27)34-19(12)17(10)30-3)4-9(23)16(29-2)18(11)33-21(8)28/h4-6,13-15,22-26H,1-3H3/t6-,13-,14+,15+,22-/m1/s1. The van der Waals surface area contributed by atoms with Crippen molar-refractivity contribution in [3.8, 4) is 23.0 Å². The molecule has 1 aliphatic heterocycles. The zero-order valence-electron chi connectivity index (χ0n) is 18.1. The summed E-state index contributed by atoms with van der Waals surface area (Å²) in [6.07, 6.45) is -6.89. The summed E-state index contributed by atoms with van der Waals surface area (Å²) in [4.78, 5) is 25.7. The predicted molar refractivity (Wildman–Crippen MR) is 115 cm³/mol. The largest absolute Gasteiger partial charge is 0.504 e. The Morgan fingerprint density at radius 1 is 0.824 bits per heavy atom. The second kappa shape index (κ2) is 7.74. The van der Waals surface area contributed by atoms with Crippen molar-refractivity contribution in [2.24, 2.45) is 0 Å². The third-order valence-corrected chi connectivity index (χ3v) is 5.96. The summed E-state index contributed by atoms with van der Waals surface area (Å²) in [5.41, 5.74) is -2.03. The van der Waals surface area contributed by atoms with E-state index in [1.165, 1.54) is 27.2 Å². The minimum atomic E-state index is -1.64. The van der Waals surface area contributed by atoms with Crippen molar-refractivity contribution >= 4 is 32.7 Å². The van der Waals surface area contributed by atoms with Crippen LogP contribution in [0.2, 0.25) is 0 Å². The minimum absolute atomic E-state index is 0.0535. The van der Waals surface area contributed by atoms with Crippen molar-refractivity contribution in [3.63, 3.8) is 0 Å². The maximum Gasteiger partial charge on any atom is 0.344 e. The first-order chi connectivity index (χ1) is 16.2. The number of phenols is 1. The molecule has 0 spiro atoms. The zero-order valence-corrected chi connectivity index (χ0v) is 18.1. The lowest BCUT2D eigenvalue weighted by molar-refractivity contribution is -0.268. The van der Waals surface area contributed by atoms with Gasteiger partial charge in [-0.2, -0.15) is 0 Å². The van der Waals surface area contributed by atoms with Crippen LogP contribution in [0.25, 0.3) is 32.7 Å². The minimum Gasteiger partial charge on any atom is -0.504 e. The number of benzene rings is 2. The Bertz CT molecular complexity index is 1520.